The fraction of sp³-hybridized carbons (Fsp3) is 0.385. The quantitative estimate of drug-likeness (QED) is 0.149. The van der Waals surface area contributed by atoms with Crippen LogP contribution in [0.15, 0.2) is 4.79 Å². The smallest absolute Gasteiger partial charge is 0.259 e. The van der Waals surface area contributed by atoms with Crippen LogP contribution in [0.25, 0.3) is 21.8 Å². The number of nitrogens with zero attached hydrogens (tertiary/aromatic N) is 3. The number of aryl methyl sites for hydroxylation is 6. The molecule has 0 aliphatic rings. The number of halogens is 3. The lowest BCUT2D eigenvalue weighted by Crippen LogP contribution is -2.13. The maximum absolute atomic E-state index is 11.9. The second-order valence-corrected chi connectivity index (χ2v) is 9.02. The first-order valence-electron chi connectivity index (χ1n) is 10.9. The van der Waals surface area contributed by atoms with Gasteiger partial charge < -0.3 is 4.98 Å². The van der Waals surface area contributed by atoms with E-state index in [0.29, 0.717) is 11.0 Å². The molecular weight excluding hydrogens is 674 g/mol. The summed E-state index contributed by atoms with van der Waals surface area (Å²) >= 11 is 10.5. The molecule has 0 unspecified atom stereocenters. The first-order valence-corrected chi connectivity index (χ1v) is 17.5. The Morgan fingerprint density at radius 1 is 0.588 bits per heavy atom. The highest BCUT2D eigenvalue weighted by atomic mass is 128. The van der Waals surface area contributed by atoms with Crippen molar-refractivity contribution in [3.63, 3.8) is 0 Å². The van der Waals surface area contributed by atoms with Crippen molar-refractivity contribution in [1.82, 2.24) is 19.9 Å². The first kappa shape index (κ1) is 28.9. The predicted octanol–water partition coefficient (Wildman–Crippen LogP) is 8.06. The SMILES string of the molecule is Cc1nc(Cl)c2c(C)c(C)c(C)c(C)c2n1.Cc1nc2c(C)c(C)c(C)c(C)c2c(=O)[nH]1.II. The van der Waals surface area contributed by atoms with Gasteiger partial charge in [0.15, 0.2) is 0 Å². The molecule has 4 rings (SSSR count). The third-order valence-electron chi connectivity index (χ3n) is 6.85. The van der Waals surface area contributed by atoms with Crippen LogP contribution in [0.5, 0.6) is 0 Å². The first-order chi connectivity index (χ1) is 15.9. The van der Waals surface area contributed by atoms with Gasteiger partial charge in [0.25, 0.3) is 5.56 Å². The van der Waals surface area contributed by atoms with E-state index >= 15 is 0 Å². The summed E-state index contributed by atoms with van der Waals surface area (Å²) in [4.78, 5) is 27.9. The van der Waals surface area contributed by atoms with E-state index in [1.165, 1.54) is 33.4 Å². The minimum atomic E-state index is -0.0359. The molecule has 0 aliphatic heterocycles. The van der Waals surface area contributed by atoms with Crippen LogP contribution in [-0.4, -0.2) is 19.9 Å². The molecule has 2 aromatic carbocycles. The van der Waals surface area contributed by atoms with Gasteiger partial charge in [0.2, 0.25) is 0 Å². The maximum atomic E-state index is 11.9. The second-order valence-electron chi connectivity index (χ2n) is 8.66. The third-order valence-corrected chi connectivity index (χ3v) is 7.12. The van der Waals surface area contributed by atoms with Crippen molar-refractivity contribution >= 4 is 70.6 Å². The van der Waals surface area contributed by atoms with E-state index in [2.05, 4.69) is 98.7 Å². The van der Waals surface area contributed by atoms with Crippen molar-refractivity contribution in [3.8, 4) is 0 Å². The lowest BCUT2D eigenvalue weighted by atomic mass is 9.95. The topological polar surface area (TPSA) is 71.5 Å². The van der Waals surface area contributed by atoms with Crippen LogP contribution < -0.4 is 5.56 Å². The van der Waals surface area contributed by atoms with Crippen molar-refractivity contribution in [1.29, 1.82) is 0 Å². The molecule has 0 spiro atoms. The monoisotopic (exact) mass is 704 g/mol. The molecule has 4 aromatic rings. The standard InChI is InChI=1S/C13H15ClN2.C13H16N2O.I2/c1-6-7(2)9(4)12-11(8(6)3)13(14)16-10(5)15-12;1-6-7(2)9(4)12-11(8(6)3)13(16)15-10(5)14-12;1-2/h1-5H3;1-5H3,(H,14,15,16);. The molecule has 0 amide bonds. The molecule has 0 bridgehead atoms. The molecule has 1 N–H and O–H groups in total. The van der Waals surface area contributed by atoms with Gasteiger partial charge in [-0.15, -0.1) is 0 Å². The van der Waals surface area contributed by atoms with E-state index in [0.717, 1.165) is 38.8 Å². The van der Waals surface area contributed by atoms with Crippen molar-refractivity contribution in [3.05, 3.63) is 71.7 Å². The second kappa shape index (κ2) is 11.6. The number of fused-ring (bicyclic) bond motifs is 2. The van der Waals surface area contributed by atoms with E-state index in [4.69, 9.17) is 11.6 Å². The normalized spacial score (nSPS) is 10.6. The maximum Gasteiger partial charge on any atom is 0.259 e. The molecule has 0 atom stereocenters. The fourth-order valence-electron chi connectivity index (χ4n) is 4.20. The largest absolute Gasteiger partial charge is 0.310 e. The van der Waals surface area contributed by atoms with Crippen LogP contribution in [0.1, 0.15) is 56.2 Å². The summed E-state index contributed by atoms with van der Waals surface area (Å²) in [6, 6.07) is 0. The van der Waals surface area contributed by atoms with Gasteiger partial charge in [-0.3, -0.25) is 4.79 Å². The molecule has 8 heteroatoms. The van der Waals surface area contributed by atoms with Crippen LogP contribution in [0.2, 0.25) is 5.15 Å². The van der Waals surface area contributed by atoms with Crippen molar-refractivity contribution in [2.45, 2.75) is 69.2 Å². The van der Waals surface area contributed by atoms with Crippen molar-refractivity contribution in [2.24, 2.45) is 0 Å². The molecule has 34 heavy (non-hydrogen) atoms. The number of benzene rings is 2. The van der Waals surface area contributed by atoms with Gasteiger partial charge in [0, 0.05) is 42.6 Å². The molecule has 2 heterocycles. The Balaban J connectivity index is 0.000000224. The highest BCUT2D eigenvalue weighted by Gasteiger charge is 2.14. The van der Waals surface area contributed by atoms with Crippen LogP contribution >= 0.6 is 48.8 Å². The Morgan fingerprint density at radius 3 is 1.50 bits per heavy atom. The Hall–Kier alpha value is -1.33. The van der Waals surface area contributed by atoms with Gasteiger partial charge >= 0.3 is 0 Å². The van der Waals surface area contributed by atoms with Gasteiger partial charge in [0.05, 0.1) is 16.4 Å². The van der Waals surface area contributed by atoms with Crippen LogP contribution in [0.4, 0.5) is 0 Å². The summed E-state index contributed by atoms with van der Waals surface area (Å²) in [6.07, 6.45) is 0. The van der Waals surface area contributed by atoms with Gasteiger partial charge in [-0.2, -0.15) is 0 Å². The molecule has 0 saturated heterocycles. The molecular formula is C26H31ClI2N4O. The number of rotatable bonds is 0. The third kappa shape index (κ3) is 5.41. The zero-order valence-electron chi connectivity index (χ0n) is 21.4. The summed E-state index contributed by atoms with van der Waals surface area (Å²) in [5, 5.41) is 2.28. The Bertz CT molecular complexity index is 1460. The molecule has 2 aromatic heterocycles. The molecule has 0 radical (unpaired) electrons. The number of nitrogens with one attached hydrogen (secondary N) is 1. The van der Waals surface area contributed by atoms with Gasteiger partial charge in [-0.1, -0.05) is 11.6 Å². The molecule has 0 fully saturated rings. The average Bonchev–Trinajstić information content (AvgIpc) is 2.79. The Morgan fingerprint density at radius 2 is 1.00 bits per heavy atom. The summed E-state index contributed by atoms with van der Waals surface area (Å²) in [6.45, 7) is 20.2. The minimum absolute atomic E-state index is 0.0359. The van der Waals surface area contributed by atoms with Crippen LogP contribution in [0.3, 0.4) is 0 Å². The minimum Gasteiger partial charge on any atom is -0.310 e. The van der Waals surface area contributed by atoms with E-state index in [1.54, 1.807) is 0 Å². The summed E-state index contributed by atoms with van der Waals surface area (Å²) in [5.74, 6) is 1.39. The lowest BCUT2D eigenvalue weighted by molar-refractivity contribution is 1.05. The highest BCUT2D eigenvalue weighted by Crippen LogP contribution is 2.31. The summed E-state index contributed by atoms with van der Waals surface area (Å²) in [5.41, 5.74) is 11.3. The van der Waals surface area contributed by atoms with E-state index in [1.807, 2.05) is 27.7 Å². The number of hydrogen-bond donors (Lipinski definition) is 1. The van der Waals surface area contributed by atoms with Gasteiger partial charge in [-0.25, -0.2) is 15.0 Å². The zero-order valence-corrected chi connectivity index (χ0v) is 26.5. The summed E-state index contributed by atoms with van der Waals surface area (Å²) in [7, 11) is 0. The molecule has 5 nitrogen and oxygen atoms in total. The Kier molecular flexibility index (Phi) is 9.86. The fourth-order valence-corrected chi connectivity index (χ4v) is 4.56. The van der Waals surface area contributed by atoms with Crippen LogP contribution in [-0.2, 0) is 0 Å². The lowest BCUT2D eigenvalue weighted by Gasteiger charge is -2.14. The van der Waals surface area contributed by atoms with Crippen LogP contribution in [0, 0.1) is 69.2 Å². The number of H-pyrrole nitrogens is 1. The van der Waals surface area contributed by atoms with E-state index in [9.17, 15) is 4.79 Å². The summed E-state index contributed by atoms with van der Waals surface area (Å²) < 4.78 is 0. The molecule has 0 saturated carbocycles. The zero-order chi connectivity index (χ0) is 26.1. The van der Waals surface area contributed by atoms with Gasteiger partial charge in [-0.05, 0) is 114 Å². The van der Waals surface area contributed by atoms with E-state index < -0.39 is 0 Å². The molecule has 182 valence electrons. The highest BCUT2D eigenvalue weighted by molar-refractivity contribution is 15.0. The van der Waals surface area contributed by atoms with Crippen molar-refractivity contribution < 1.29 is 0 Å². The Labute approximate surface area is 229 Å². The predicted molar refractivity (Wildman–Crippen MR) is 162 cm³/mol. The molecule has 0 aliphatic carbocycles. The van der Waals surface area contributed by atoms with E-state index in [-0.39, 0.29) is 5.56 Å². The van der Waals surface area contributed by atoms with Gasteiger partial charge in [0.1, 0.15) is 16.8 Å². The van der Waals surface area contributed by atoms with Crippen molar-refractivity contribution in [2.75, 3.05) is 0 Å². The average molecular weight is 705 g/mol. The number of aromatic amines is 1. The number of aromatic nitrogens is 4. The number of hydrogen-bond acceptors (Lipinski definition) is 4.